The summed E-state index contributed by atoms with van der Waals surface area (Å²) in [7, 11) is 1.51. The maximum Gasteiger partial charge on any atom is 0.253 e. The van der Waals surface area contributed by atoms with E-state index < -0.39 is 0 Å². The molecule has 0 fully saturated rings. The van der Waals surface area contributed by atoms with Crippen LogP contribution in [0.4, 0.5) is 5.69 Å². The molecular weight excluding hydrogens is 190 g/mol. The third-order valence-corrected chi connectivity index (χ3v) is 1.95. The lowest BCUT2D eigenvalue weighted by molar-refractivity contribution is -0.122. The van der Waals surface area contributed by atoms with Crippen LogP contribution < -0.4 is 4.90 Å². The van der Waals surface area contributed by atoms with Gasteiger partial charge in [0.15, 0.2) is 0 Å². The lowest BCUT2D eigenvalue weighted by atomic mass is 10.3. The third-order valence-electron chi connectivity index (χ3n) is 1.95. The number of ether oxygens (including phenoxy) is 1. The Morgan fingerprint density at radius 3 is 2.67 bits per heavy atom. The molecule has 0 aliphatic rings. The SMILES string of the molecule is C=CCN(C(=O)COC)c1ccccc1. The number of hydrogen-bond donors (Lipinski definition) is 0. The van der Waals surface area contributed by atoms with E-state index in [1.807, 2.05) is 30.3 Å². The van der Waals surface area contributed by atoms with Crippen LogP contribution in [0, 0.1) is 0 Å². The Hall–Kier alpha value is -1.61. The van der Waals surface area contributed by atoms with Crippen LogP contribution in [0.25, 0.3) is 0 Å². The van der Waals surface area contributed by atoms with Crippen molar-refractivity contribution >= 4 is 11.6 Å². The summed E-state index contributed by atoms with van der Waals surface area (Å²) in [5.74, 6) is -0.0661. The fraction of sp³-hybridized carbons (Fsp3) is 0.250. The van der Waals surface area contributed by atoms with E-state index >= 15 is 0 Å². The second kappa shape index (κ2) is 5.98. The van der Waals surface area contributed by atoms with Gasteiger partial charge in [-0.05, 0) is 12.1 Å². The molecule has 3 heteroatoms. The van der Waals surface area contributed by atoms with E-state index in [0.29, 0.717) is 6.54 Å². The molecule has 15 heavy (non-hydrogen) atoms. The highest BCUT2D eigenvalue weighted by Crippen LogP contribution is 2.13. The number of anilines is 1. The zero-order valence-corrected chi connectivity index (χ0v) is 8.85. The Morgan fingerprint density at radius 1 is 1.47 bits per heavy atom. The van der Waals surface area contributed by atoms with E-state index in [1.54, 1.807) is 11.0 Å². The summed E-state index contributed by atoms with van der Waals surface area (Å²) in [6, 6.07) is 9.47. The number of carbonyl (C=O) groups excluding carboxylic acids is 1. The minimum absolute atomic E-state index is 0.0661. The van der Waals surface area contributed by atoms with Crippen molar-refractivity contribution in [3.8, 4) is 0 Å². The van der Waals surface area contributed by atoms with Gasteiger partial charge in [0.2, 0.25) is 0 Å². The van der Waals surface area contributed by atoms with Gasteiger partial charge in [-0.2, -0.15) is 0 Å². The molecule has 0 unspecified atom stereocenters. The Kier molecular flexibility index (Phi) is 4.57. The molecular formula is C12H15NO2. The smallest absolute Gasteiger partial charge is 0.253 e. The molecule has 0 atom stereocenters. The second-order valence-corrected chi connectivity index (χ2v) is 3.06. The summed E-state index contributed by atoms with van der Waals surface area (Å²) >= 11 is 0. The summed E-state index contributed by atoms with van der Waals surface area (Å²) in [5, 5.41) is 0. The van der Waals surface area contributed by atoms with E-state index in [1.165, 1.54) is 7.11 Å². The number of nitrogens with zero attached hydrogens (tertiary/aromatic N) is 1. The number of para-hydroxylation sites is 1. The normalized spacial score (nSPS) is 9.67. The molecule has 0 aliphatic heterocycles. The predicted octanol–water partition coefficient (Wildman–Crippen LogP) is 1.85. The molecule has 0 heterocycles. The van der Waals surface area contributed by atoms with Crippen LogP contribution in [0.15, 0.2) is 43.0 Å². The van der Waals surface area contributed by atoms with E-state index in [9.17, 15) is 4.79 Å². The number of methoxy groups -OCH3 is 1. The van der Waals surface area contributed by atoms with Crippen molar-refractivity contribution in [2.75, 3.05) is 25.2 Å². The van der Waals surface area contributed by atoms with Gasteiger partial charge in [-0.25, -0.2) is 0 Å². The summed E-state index contributed by atoms with van der Waals surface area (Å²) in [5.41, 5.74) is 0.861. The molecule has 1 aromatic carbocycles. The van der Waals surface area contributed by atoms with Crippen LogP contribution >= 0.6 is 0 Å². The van der Waals surface area contributed by atoms with Crippen molar-refractivity contribution in [2.45, 2.75) is 0 Å². The minimum Gasteiger partial charge on any atom is -0.375 e. The number of amides is 1. The van der Waals surface area contributed by atoms with E-state index in [4.69, 9.17) is 4.74 Å². The number of benzene rings is 1. The van der Waals surface area contributed by atoms with E-state index in [2.05, 4.69) is 6.58 Å². The maximum absolute atomic E-state index is 11.7. The standard InChI is InChI=1S/C12H15NO2/c1-3-9-13(12(14)10-15-2)11-7-5-4-6-8-11/h3-8H,1,9-10H2,2H3. The molecule has 1 aromatic rings. The predicted molar refractivity (Wildman–Crippen MR) is 60.9 cm³/mol. The fourth-order valence-corrected chi connectivity index (χ4v) is 1.29. The molecule has 0 aromatic heterocycles. The van der Waals surface area contributed by atoms with Crippen molar-refractivity contribution in [3.63, 3.8) is 0 Å². The molecule has 0 saturated carbocycles. The van der Waals surface area contributed by atoms with Crippen molar-refractivity contribution < 1.29 is 9.53 Å². The first kappa shape index (κ1) is 11.5. The second-order valence-electron chi connectivity index (χ2n) is 3.06. The van der Waals surface area contributed by atoms with Crippen molar-refractivity contribution in [1.29, 1.82) is 0 Å². The average Bonchev–Trinajstić information content (AvgIpc) is 2.27. The number of hydrogen-bond acceptors (Lipinski definition) is 2. The lowest BCUT2D eigenvalue weighted by Crippen LogP contribution is -2.33. The van der Waals surface area contributed by atoms with Crippen LogP contribution in [0.3, 0.4) is 0 Å². The van der Waals surface area contributed by atoms with Crippen molar-refractivity contribution in [3.05, 3.63) is 43.0 Å². The Labute approximate surface area is 90.0 Å². The van der Waals surface area contributed by atoms with Gasteiger partial charge in [0.1, 0.15) is 6.61 Å². The quantitative estimate of drug-likeness (QED) is 0.686. The average molecular weight is 205 g/mol. The highest BCUT2D eigenvalue weighted by molar-refractivity contribution is 5.94. The van der Waals surface area contributed by atoms with Crippen LogP contribution in [0.1, 0.15) is 0 Å². The molecule has 0 bridgehead atoms. The third kappa shape index (κ3) is 3.22. The summed E-state index contributed by atoms with van der Waals surface area (Å²) in [4.78, 5) is 13.3. The van der Waals surface area contributed by atoms with E-state index in [0.717, 1.165) is 5.69 Å². The summed E-state index contributed by atoms with van der Waals surface area (Å²) in [6.07, 6.45) is 1.69. The largest absolute Gasteiger partial charge is 0.375 e. The van der Waals surface area contributed by atoms with Crippen LogP contribution in [-0.4, -0.2) is 26.2 Å². The zero-order chi connectivity index (χ0) is 11.1. The molecule has 80 valence electrons. The topological polar surface area (TPSA) is 29.5 Å². The zero-order valence-electron chi connectivity index (χ0n) is 8.85. The molecule has 0 aliphatic carbocycles. The van der Waals surface area contributed by atoms with Gasteiger partial charge >= 0.3 is 0 Å². The Bertz CT molecular complexity index is 322. The molecule has 1 rings (SSSR count). The molecule has 1 amide bonds. The summed E-state index contributed by atoms with van der Waals surface area (Å²) in [6.45, 7) is 4.21. The van der Waals surface area contributed by atoms with Gasteiger partial charge in [0, 0.05) is 19.3 Å². The van der Waals surface area contributed by atoms with E-state index in [-0.39, 0.29) is 12.5 Å². The van der Waals surface area contributed by atoms with Gasteiger partial charge in [-0.1, -0.05) is 24.3 Å². The Morgan fingerprint density at radius 2 is 2.13 bits per heavy atom. The first-order valence-corrected chi connectivity index (χ1v) is 4.75. The first-order chi connectivity index (χ1) is 7.29. The molecule has 0 spiro atoms. The molecule has 0 radical (unpaired) electrons. The molecule has 0 N–H and O–H groups in total. The summed E-state index contributed by atoms with van der Waals surface area (Å²) < 4.78 is 4.83. The monoisotopic (exact) mass is 205 g/mol. The van der Waals surface area contributed by atoms with Gasteiger partial charge in [0.05, 0.1) is 0 Å². The van der Waals surface area contributed by atoms with Crippen LogP contribution in [-0.2, 0) is 9.53 Å². The lowest BCUT2D eigenvalue weighted by Gasteiger charge is -2.20. The van der Waals surface area contributed by atoms with Gasteiger partial charge in [-0.3, -0.25) is 4.79 Å². The molecule has 3 nitrogen and oxygen atoms in total. The highest BCUT2D eigenvalue weighted by atomic mass is 16.5. The van der Waals surface area contributed by atoms with Crippen molar-refractivity contribution in [2.24, 2.45) is 0 Å². The van der Waals surface area contributed by atoms with Crippen molar-refractivity contribution in [1.82, 2.24) is 0 Å². The molecule has 0 saturated heterocycles. The van der Waals surface area contributed by atoms with Gasteiger partial charge < -0.3 is 9.64 Å². The minimum atomic E-state index is -0.0661. The van der Waals surface area contributed by atoms with Crippen LogP contribution in [0.5, 0.6) is 0 Å². The number of carbonyl (C=O) groups is 1. The first-order valence-electron chi connectivity index (χ1n) is 4.75. The number of rotatable bonds is 5. The fourth-order valence-electron chi connectivity index (χ4n) is 1.29. The Balaban J connectivity index is 2.82. The maximum atomic E-state index is 11.7. The highest BCUT2D eigenvalue weighted by Gasteiger charge is 2.12. The van der Waals surface area contributed by atoms with Crippen LogP contribution in [0.2, 0.25) is 0 Å². The van der Waals surface area contributed by atoms with Gasteiger partial charge in [-0.15, -0.1) is 6.58 Å². The van der Waals surface area contributed by atoms with Gasteiger partial charge in [0.25, 0.3) is 5.91 Å².